The summed E-state index contributed by atoms with van der Waals surface area (Å²) in [6.45, 7) is 9.97. The first-order valence-corrected chi connectivity index (χ1v) is 6.77. The Labute approximate surface area is 100 Å². The number of hydrogen-bond donors (Lipinski definition) is 1. The van der Waals surface area contributed by atoms with E-state index >= 15 is 0 Å². The molecular weight excluding hydrogens is 198 g/mol. The van der Waals surface area contributed by atoms with Crippen LogP contribution in [0.4, 0.5) is 0 Å². The van der Waals surface area contributed by atoms with Crippen LogP contribution in [0.3, 0.4) is 0 Å². The van der Waals surface area contributed by atoms with Crippen molar-refractivity contribution in [3.63, 3.8) is 0 Å². The zero-order chi connectivity index (χ0) is 11.9. The van der Waals surface area contributed by atoms with Crippen molar-refractivity contribution in [2.45, 2.75) is 64.0 Å². The number of likely N-dealkylation sites (N-methyl/N-ethyl adjacent to an activating group) is 1. The van der Waals surface area contributed by atoms with Crippen molar-refractivity contribution >= 4 is 0 Å². The molecule has 0 aromatic heterocycles. The summed E-state index contributed by atoms with van der Waals surface area (Å²) in [6, 6.07) is 0.440. The van der Waals surface area contributed by atoms with Crippen LogP contribution in [0.1, 0.15) is 52.4 Å². The Kier molecular flexibility index (Phi) is 6.07. The Morgan fingerprint density at radius 3 is 2.50 bits per heavy atom. The molecule has 0 aromatic carbocycles. The minimum Gasteiger partial charge on any atom is -0.374 e. The second-order valence-electron chi connectivity index (χ2n) is 4.69. The Morgan fingerprint density at radius 1 is 1.31 bits per heavy atom. The number of ether oxygens (including phenoxy) is 1. The number of nitrogens with one attached hydrogen (secondary N) is 1. The van der Waals surface area contributed by atoms with E-state index in [1.54, 1.807) is 0 Å². The molecule has 0 heterocycles. The third kappa shape index (κ3) is 3.33. The van der Waals surface area contributed by atoms with Gasteiger partial charge in [-0.3, -0.25) is 0 Å². The molecule has 1 fully saturated rings. The molecule has 1 N–H and O–H groups in total. The molecule has 1 atom stereocenters. The van der Waals surface area contributed by atoms with Gasteiger partial charge in [-0.2, -0.15) is 0 Å². The predicted octanol–water partition coefficient (Wildman–Crippen LogP) is 3.28. The smallest absolute Gasteiger partial charge is 0.0837 e. The van der Waals surface area contributed by atoms with Crippen molar-refractivity contribution < 1.29 is 4.74 Å². The first kappa shape index (κ1) is 13.7. The lowest BCUT2D eigenvalue weighted by atomic mass is 9.78. The predicted molar refractivity (Wildman–Crippen MR) is 69.7 cm³/mol. The maximum absolute atomic E-state index is 6.13. The van der Waals surface area contributed by atoms with Crippen LogP contribution in [0.15, 0.2) is 12.7 Å². The van der Waals surface area contributed by atoms with Gasteiger partial charge in [-0.1, -0.05) is 32.3 Å². The van der Waals surface area contributed by atoms with Gasteiger partial charge in [0.05, 0.1) is 5.60 Å². The molecule has 1 saturated carbocycles. The highest BCUT2D eigenvalue weighted by molar-refractivity contribution is 4.98. The molecule has 1 unspecified atom stereocenters. The van der Waals surface area contributed by atoms with Crippen molar-refractivity contribution in [3.05, 3.63) is 12.7 Å². The first-order chi connectivity index (χ1) is 7.79. The molecule has 1 rings (SSSR count). The van der Waals surface area contributed by atoms with Crippen molar-refractivity contribution in [2.75, 3.05) is 13.2 Å². The second kappa shape index (κ2) is 7.08. The van der Waals surface area contributed by atoms with Crippen LogP contribution in [0, 0.1) is 0 Å². The van der Waals surface area contributed by atoms with Crippen molar-refractivity contribution in [3.8, 4) is 0 Å². The summed E-state index contributed by atoms with van der Waals surface area (Å²) in [5, 5.41) is 3.58. The van der Waals surface area contributed by atoms with Crippen molar-refractivity contribution in [1.29, 1.82) is 0 Å². The van der Waals surface area contributed by atoms with E-state index in [0.717, 1.165) is 19.6 Å². The van der Waals surface area contributed by atoms with Crippen LogP contribution in [0.2, 0.25) is 0 Å². The maximum Gasteiger partial charge on any atom is 0.0837 e. The fourth-order valence-corrected chi connectivity index (χ4v) is 2.93. The third-order valence-electron chi connectivity index (χ3n) is 3.62. The molecule has 2 nitrogen and oxygen atoms in total. The molecular formula is C14H27NO. The van der Waals surface area contributed by atoms with Gasteiger partial charge >= 0.3 is 0 Å². The van der Waals surface area contributed by atoms with Gasteiger partial charge in [0.15, 0.2) is 0 Å². The van der Waals surface area contributed by atoms with E-state index in [0.29, 0.717) is 6.04 Å². The number of hydrogen-bond acceptors (Lipinski definition) is 2. The minimum atomic E-state index is 0.0667. The highest BCUT2D eigenvalue weighted by atomic mass is 16.5. The molecule has 0 saturated heterocycles. The highest BCUT2D eigenvalue weighted by Crippen LogP contribution is 2.35. The highest BCUT2D eigenvalue weighted by Gasteiger charge is 2.39. The van der Waals surface area contributed by atoms with Gasteiger partial charge in [-0.15, -0.1) is 6.58 Å². The summed E-state index contributed by atoms with van der Waals surface area (Å²) in [4.78, 5) is 0. The van der Waals surface area contributed by atoms with E-state index < -0.39 is 0 Å². The fraction of sp³-hybridized carbons (Fsp3) is 0.857. The minimum absolute atomic E-state index is 0.0667. The Morgan fingerprint density at radius 2 is 2.00 bits per heavy atom. The van der Waals surface area contributed by atoms with Gasteiger partial charge in [0.2, 0.25) is 0 Å². The van der Waals surface area contributed by atoms with Crippen LogP contribution < -0.4 is 5.32 Å². The van der Waals surface area contributed by atoms with Crippen molar-refractivity contribution in [2.24, 2.45) is 0 Å². The molecule has 2 heteroatoms. The molecule has 0 aromatic rings. The topological polar surface area (TPSA) is 21.3 Å². The fourth-order valence-electron chi connectivity index (χ4n) is 2.93. The molecule has 16 heavy (non-hydrogen) atoms. The number of rotatable bonds is 7. The Bertz CT molecular complexity index is 191. The second-order valence-corrected chi connectivity index (χ2v) is 4.69. The molecule has 0 radical (unpaired) electrons. The molecule has 0 aliphatic heterocycles. The molecule has 0 bridgehead atoms. The largest absolute Gasteiger partial charge is 0.374 e. The van der Waals surface area contributed by atoms with E-state index in [-0.39, 0.29) is 5.60 Å². The summed E-state index contributed by atoms with van der Waals surface area (Å²) in [5.41, 5.74) is 0.0667. The summed E-state index contributed by atoms with van der Waals surface area (Å²) >= 11 is 0. The average Bonchev–Trinajstić information content (AvgIpc) is 2.30. The van der Waals surface area contributed by atoms with Crippen molar-refractivity contribution in [1.82, 2.24) is 5.32 Å². The lowest BCUT2D eigenvalue weighted by Crippen LogP contribution is -2.53. The lowest BCUT2D eigenvalue weighted by Gasteiger charge is -2.43. The van der Waals surface area contributed by atoms with Crippen LogP contribution in [-0.4, -0.2) is 24.8 Å². The van der Waals surface area contributed by atoms with E-state index in [2.05, 4.69) is 25.7 Å². The van der Waals surface area contributed by atoms with Gasteiger partial charge in [-0.25, -0.2) is 0 Å². The third-order valence-corrected chi connectivity index (χ3v) is 3.62. The Balaban J connectivity index is 2.73. The molecule has 94 valence electrons. The zero-order valence-electron chi connectivity index (χ0n) is 10.9. The van der Waals surface area contributed by atoms with Gasteiger partial charge in [0.25, 0.3) is 0 Å². The van der Waals surface area contributed by atoms with Gasteiger partial charge < -0.3 is 10.1 Å². The molecule has 0 amide bonds. The first-order valence-electron chi connectivity index (χ1n) is 6.77. The van der Waals surface area contributed by atoms with Crippen LogP contribution in [0.25, 0.3) is 0 Å². The average molecular weight is 225 g/mol. The Hall–Kier alpha value is -0.340. The molecule has 1 aliphatic rings. The van der Waals surface area contributed by atoms with Crippen LogP contribution >= 0.6 is 0 Å². The summed E-state index contributed by atoms with van der Waals surface area (Å²) in [5.74, 6) is 0. The standard InChI is InChI=1S/C14H27NO/c1-4-10-13(15-5-2)14(16-6-3)11-8-7-9-12-14/h4,13,15H,1,5-12H2,2-3H3. The molecule has 1 aliphatic carbocycles. The van der Waals surface area contributed by atoms with Crippen LogP contribution in [-0.2, 0) is 4.74 Å². The van der Waals surface area contributed by atoms with E-state index in [9.17, 15) is 0 Å². The van der Waals surface area contributed by atoms with Crippen LogP contribution in [0.5, 0.6) is 0 Å². The molecule has 0 spiro atoms. The monoisotopic (exact) mass is 225 g/mol. The summed E-state index contributed by atoms with van der Waals surface area (Å²) in [6.07, 6.45) is 9.40. The maximum atomic E-state index is 6.13. The van der Waals surface area contributed by atoms with Gasteiger partial charge in [-0.05, 0) is 32.7 Å². The van der Waals surface area contributed by atoms with E-state index in [1.165, 1.54) is 32.1 Å². The quantitative estimate of drug-likeness (QED) is 0.671. The van der Waals surface area contributed by atoms with E-state index in [1.807, 2.05) is 6.08 Å². The van der Waals surface area contributed by atoms with Gasteiger partial charge in [0.1, 0.15) is 0 Å². The van der Waals surface area contributed by atoms with Gasteiger partial charge in [0, 0.05) is 12.6 Å². The SMILES string of the molecule is C=CCC(NCC)C1(OCC)CCCCC1. The zero-order valence-corrected chi connectivity index (χ0v) is 10.9. The normalized spacial score (nSPS) is 21.6. The van der Waals surface area contributed by atoms with E-state index in [4.69, 9.17) is 4.74 Å². The lowest BCUT2D eigenvalue weighted by molar-refractivity contribution is -0.0889. The summed E-state index contributed by atoms with van der Waals surface area (Å²) < 4.78 is 6.13. The summed E-state index contributed by atoms with van der Waals surface area (Å²) in [7, 11) is 0.